The minimum atomic E-state index is -0.589. The first kappa shape index (κ1) is 20.2. The Hall–Kier alpha value is -3.53. The molecule has 1 N–H and O–H groups in total. The third-order valence-corrected chi connectivity index (χ3v) is 4.87. The minimum absolute atomic E-state index is 0.0473. The second-order valence-electron chi connectivity index (χ2n) is 6.91. The number of hydrogen-bond donors (Lipinski definition) is 1. The third-order valence-electron chi connectivity index (χ3n) is 4.87. The Labute approximate surface area is 169 Å². The molecule has 0 spiro atoms. The Morgan fingerprint density at radius 2 is 1.93 bits per heavy atom. The lowest BCUT2D eigenvalue weighted by molar-refractivity contribution is -0.112. The van der Waals surface area contributed by atoms with Crippen molar-refractivity contribution in [1.82, 2.24) is 4.57 Å². The van der Waals surface area contributed by atoms with E-state index in [0.717, 1.165) is 29.9 Å². The fraction of sp³-hybridized carbons (Fsp3) is 0.318. The Kier molecular flexibility index (Phi) is 5.74. The molecule has 7 nitrogen and oxygen atoms in total. The number of ketones is 1. The van der Waals surface area contributed by atoms with Crippen molar-refractivity contribution in [2.75, 3.05) is 12.1 Å². The summed E-state index contributed by atoms with van der Waals surface area (Å²) in [6, 6.07) is 6.99. The zero-order chi connectivity index (χ0) is 21.1. The molecule has 150 valence electrons. The Morgan fingerprint density at radius 3 is 2.55 bits per heavy atom. The minimum Gasteiger partial charge on any atom is -0.454 e. The number of ether oxygens (including phenoxy) is 2. The lowest BCUT2D eigenvalue weighted by Gasteiger charge is -2.10. The molecule has 1 aliphatic heterocycles. The lowest BCUT2D eigenvalue weighted by Crippen LogP contribution is -2.15. The number of fused-ring (bicyclic) bond motifs is 1. The number of aryl methyl sites for hydroxylation is 1. The summed E-state index contributed by atoms with van der Waals surface area (Å²) in [6.45, 7) is 8.39. The second kappa shape index (κ2) is 8.23. The van der Waals surface area contributed by atoms with Gasteiger partial charge in [0.25, 0.3) is 5.91 Å². The van der Waals surface area contributed by atoms with Gasteiger partial charge >= 0.3 is 0 Å². The maximum Gasteiger partial charge on any atom is 0.266 e. The molecule has 1 aromatic heterocycles. The van der Waals surface area contributed by atoms with Gasteiger partial charge in [-0.3, -0.25) is 9.59 Å². The van der Waals surface area contributed by atoms with Crippen molar-refractivity contribution in [3.63, 3.8) is 0 Å². The van der Waals surface area contributed by atoms with E-state index in [4.69, 9.17) is 9.47 Å². The van der Waals surface area contributed by atoms with Crippen molar-refractivity contribution in [1.29, 1.82) is 5.26 Å². The maximum atomic E-state index is 12.8. The number of hydrogen-bond acceptors (Lipinski definition) is 5. The molecule has 7 heteroatoms. The van der Waals surface area contributed by atoms with Crippen molar-refractivity contribution in [3.05, 3.63) is 46.3 Å². The van der Waals surface area contributed by atoms with Gasteiger partial charge in [0.05, 0.1) is 5.69 Å². The van der Waals surface area contributed by atoms with E-state index < -0.39 is 5.91 Å². The molecule has 3 rings (SSSR count). The van der Waals surface area contributed by atoms with Crippen LogP contribution >= 0.6 is 0 Å². The Morgan fingerprint density at radius 1 is 1.24 bits per heavy atom. The van der Waals surface area contributed by atoms with E-state index in [1.54, 1.807) is 12.1 Å². The predicted molar refractivity (Wildman–Crippen MR) is 109 cm³/mol. The van der Waals surface area contributed by atoms with Gasteiger partial charge in [0.2, 0.25) is 6.79 Å². The van der Waals surface area contributed by atoms with Crippen molar-refractivity contribution >= 4 is 23.5 Å². The number of nitriles is 1. The van der Waals surface area contributed by atoms with Gasteiger partial charge in [-0.15, -0.1) is 0 Å². The molecule has 0 bridgehead atoms. The van der Waals surface area contributed by atoms with E-state index in [2.05, 4.69) is 16.8 Å². The van der Waals surface area contributed by atoms with Gasteiger partial charge < -0.3 is 19.4 Å². The molecule has 0 atom stereocenters. The summed E-state index contributed by atoms with van der Waals surface area (Å²) < 4.78 is 12.8. The molecule has 0 saturated heterocycles. The van der Waals surface area contributed by atoms with Gasteiger partial charge in [-0.05, 0) is 51.0 Å². The normalized spacial score (nSPS) is 12.6. The number of anilines is 1. The number of carbonyl (C=O) groups is 2. The van der Waals surface area contributed by atoms with Gasteiger partial charge in [0.1, 0.15) is 11.6 Å². The highest BCUT2D eigenvalue weighted by molar-refractivity contribution is 6.13. The van der Waals surface area contributed by atoms with E-state index in [0.29, 0.717) is 17.1 Å². The number of nitrogens with one attached hydrogen (secondary N) is 1. The first-order valence-corrected chi connectivity index (χ1v) is 9.40. The van der Waals surface area contributed by atoms with Crippen LogP contribution in [0.15, 0.2) is 23.8 Å². The molecular formula is C22H23N3O4. The largest absolute Gasteiger partial charge is 0.454 e. The topological polar surface area (TPSA) is 93.4 Å². The van der Waals surface area contributed by atoms with Gasteiger partial charge in [0, 0.05) is 29.6 Å². The highest BCUT2D eigenvalue weighted by atomic mass is 16.7. The number of nitrogens with zero attached hydrogens (tertiary/aromatic N) is 2. The number of carbonyl (C=O) groups excluding carboxylic acids is 2. The van der Waals surface area contributed by atoms with E-state index in [1.807, 2.05) is 26.0 Å². The highest BCUT2D eigenvalue weighted by Crippen LogP contribution is 2.37. The highest BCUT2D eigenvalue weighted by Gasteiger charge is 2.21. The summed E-state index contributed by atoms with van der Waals surface area (Å²) in [5.74, 6) is 0.0712. The van der Waals surface area contributed by atoms with Crippen LogP contribution in [0.25, 0.3) is 6.08 Å². The second-order valence-corrected chi connectivity index (χ2v) is 6.91. The van der Waals surface area contributed by atoms with Crippen LogP contribution in [-0.4, -0.2) is 23.1 Å². The van der Waals surface area contributed by atoms with Crippen molar-refractivity contribution in [3.8, 4) is 17.6 Å². The molecule has 0 saturated carbocycles. The first-order chi connectivity index (χ1) is 13.8. The summed E-state index contributed by atoms with van der Waals surface area (Å²) in [5.41, 5.74) is 3.42. The zero-order valence-electron chi connectivity index (χ0n) is 17.0. The van der Waals surface area contributed by atoms with Crippen LogP contribution < -0.4 is 14.8 Å². The zero-order valence-corrected chi connectivity index (χ0v) is 17.0. The molecule has 1 aliphatic rings. The molecule has 29 heavy (non-hydrogen) atoms. The number of Topliss-reactive ketones (excluding diaryl/α,β-unsaturated/α-hetero) is 1. The molecule has 0 fully saturated rings. The van der Waals surface area contributed by atoms with Crippen molar-refractivity contribution < 1.29 is 19.1 Å². The average Bonchev–Trinajstić information content (AvgIpc) is 3.24. The van der Waals surface area contributed by atoms with Gasteiger partial charge in [0.15, 0.2) is 17.3 Å². The molecular weight excluding hydrogens is 370 g/mol. The fourth-order valence-electron chi connectivity index (χ4n) is 3.37. The summed E-state index contributed by atoms with van der Waals surface area (Å²) in [4.78, 5) is 24.8. The number of aromatic nitrogens is 1. The standard InChI is InChI=1S/C22H23N3O4/c1-5-6-25-13(2)7-16(14(25)3)8-17(11-23)22(27)24-19-10-21-20(28-12-29-21)9-18(19)15(4)26/h7-10H,5-6,12H2,1-4H3,(H,24,27)/b17-8+. The molecule has 0 unspecified atom stereocenters. The van der Waals surface area contributed by atoms with E-state index in [9.17, 15) is 14.9 Å². The van der Waals surface area contributed by atoms with Gasteiger partial charge in [-0.1, -0.05) is 6.92 Å². The molecule has 1 aromatic carbocycles. The predicted octanol–water partition coefficient (Wildman–Crippen LogP) is 3.99. The summed E-state index contributed by atoms with van der Waals surface area (Å²) in [6.07, 6.45) is 2.56. The van der Waals surface area contributed by atoms with E-state index >= 15 is 0 Å². The average molecular weight is 393 g/mol. The van der Waals surface area contributed by atoms with E-state index in [1.165, 1.54) is 13.0 Å². The number of benzene rings is 1. The van der Waals surface area contributed by atoms with Crippen LogP contribution in [-0.2, 0) is 11.3 Å². The fourth-order valence-corrected chi connectivity index (χ4v) is 3.37. The molecule has 2 aromatic rings. The third kappa shape index (κ3) is 4.02. The quantitative estimate of drug-likeness (QED) is 0.455. The molecule has 0 aliphatic carbocycles. The first-order valence-electron chi connectivity index (χ1n) is 9.40. The van der Waals surface area contributed by atoms with Crippen LogP contribution in [0.4, 0.5) is 5.69 Å². The van der Waals surface area contributed by atoms with Crippen LogP contribution in [0, 0.1) is 25.2 Å². The van der Waals surface area contributed by atoms with Crippen molar-refractivity contribution in [2.45, 2.75) is 40.7 Å². The summed E-state index contributed by atoms with van der Waals surface area (Å²) in [7, 11) is 0. The molecule has 0 radical (unpaired) electrons. The van der Waals surface area contributed by atoms with Crippen LogP contribution in [0.2, 0.25) is 0 Å². The van der Waals surface area contributed by atoms with Gasteiger partial charge in [-0.2, -0.15) is 5.26 Å². The van der Waals surface area contributed by atoms with Crippen LogP contribution in [0.5, 0.6) is 11.5 Å². The van der Waals surface area contributed by atoms with Crippen LogP contribution in [0.1, 0.15) is 47.6 Å². The maximum absolute atomic E-state index is 12.8. The van der Waals surface area contributed by atoms with Crippen LogP contribution in [0.3, 0.4) is 0 Å². The Balaban J connectivity index is 1.92. The van der Waals surface area contributed by atoms with E-state index in [-0.39, 0.29) is 23.8 Å². The number of amides is 1. The SMILES string of the molecule is CCCn1c(C)cc(/C=C(\C#N)C(=O)Nc2cc3c(cc2C(C)=O)OCO3)c1C. The monoisotopic (exact) mass is 393 g/mol. The van der Waals surface area contributed by atoms with Gasteiger partial charge in [-0.25, -0.2) is 0 Å². The summed E-state index contributed by atoms with van der Waals surface area (Å²) >= 11 is 0. The lowest BCUT2D eigenvalue weighted by atomic mass is 10.1. The summed E-state index contributed by atoms with van der Waals surface area (Å²) in [5, 5.41) is 12.2. The molecule has 2 heterocycles. The smallest absolute Gasteiger partial charge is 0.266 e. The van der Waals surface area contributed by atoms with Crippen molar-refractivity contribution in [2.24, 2.45) is 0 Å². The molecule has 1 amide bonds. The number of rotatable bonds is 6. The Bertz CT molecular complexity index is 1060.